The maximum atomic E-state index is 13.7. The fraction of sp³-hybridized carbons (Fsp3) is 0.320. The van der Waals surface area contributed by atoms with Gasteiger partial charge in [0.25, 0.3) is 0 Å². The molecule has 0 aliphatic heterocycles. The Morgan fingerprint density at radius 2 is 1.77 bits per heavy atom. The van der Waals surface area contributed by atoms with E-state index in [1.165, 1.54) is 10.7 Å². The van der Waals surface area contributed by atoms with Crippen molar-refractivity contribution in [1.82, 2.24) is 20.4 Å². The number of carbonyl (C=O) groups is 2. The van der Waals surface area contributed by atoms with Gasteiger partial charge in [0.05, 0.1) is 16.9 Å². The van der Waals surface area contributed by atoms with Crippen molar-refractivity contribution in [2.45, 2.75) is 46.0 Å². The number of alkyl halides is 3. The molecule has 1 aromatic heterocycles. The quantitative estimate of drug-likeness (QED) is 0.423. The van der Waals surface area contributed by atoms with Crippen LogP contribution in [0.4, 0.5) is 18.0 Å². The van der Waals surface area contributed by atoms with Crippen LogP contribution in [-0.4, -0.2) is 28.3 Å². The second-order valence-corrected chi connectivity index (χ2v) is 8.05. The van der Waals surface area contributed by atoms with E-state index in [1.807, 2.05) is 30.3 Å². The average Bonchev–Trinajstić information content (AvgIpc) is 3.17. The maximum Gasteiger partial charge on any atom is 0.416 e. The van der Waals surface area contributed by atoms with Crippen LogP contribution in [0.2, 0.25) is 0 Å². The summed E-state index contributed by atoms with van der Waals surface area (Å²) in [7, 11) is 0. The van der Waals surface area contributed by atoms with Gasteiger partial charge < -0.3 is 15.4 Å². The zero-order chi connectivity index (χ0) is 25.4. The zero-order valence-corrected chi connectivity index (χ0v) is 19.5. The van der Waals surface area contributed by atoms with E-state index in [9.17, 15) is 22.8 Å². The van der Waals surface area contributed by atoms with Crippen molar-refractivity contribution in [2.75, 3.05) is 6.54 Å². The van der Waals surface area contributed by atoms with Crippen LogP contribution in [0.3, 0.4) is 0 Å². The van der Waals surface area contributed by atoms with Crippen LogP contribution in [0.25, 0.3) is 5.69 Å². The number of nitrogens with one attached hydrogen (secondary N) is 2. The van der Waals surface area contributed by atoms with Crippen LogP contribution in [0.5, 0.6) is 0 Å². The number of carbonyl (C=O) groups excluding carboxylic acids is 2. The number of benzene rings is 2. The Labute approximate surface area is 201 Å². The van der Waals surface area contributed by atoms with E-state index in [-0.39, 0.29) is 31.7 Å². The number of aryl methyl sites for hydroxylation is 2. The molecule has 35 heavy (non-hydrogen) atoms. The van der Waals surface area contributed by atoms with Crippen LogP contribution < -0.4 is 10.6 Å². The van der Waals surface area contributed by atoms with E-state index in [4.69, 9.17) is 4.74 Å². The average molecular weight is 489 g/mol. The molecule has 0 fully saturated rings. The van der Waals surface area contributed by atoms with Crippen LogP contribution in [0.1, 0.15) is 40.9 Å². The lowest BCUT2D eigenvalue weighted by Gasteiger charge is -2.16. The number of aromatic nitrogens is 2. The maximum absolute atomic E-state index is 13.7. The number of ether oxygens (including phenoxy) is 1. The van der Waals surface area contributed by atoms with Crippen LogP contribution in [0, 0.1) is 13.8 Å². The Bertz CT molecular complexity index is 1160. The Balaban J connectivity index is 1.47. The first-order valence-electron chi connectivity index (χ1n) is 11.1. The van der Waals surface area contributed by atoms with E-state index < -0.39 is 23.7 Å². The molecule has 0 radical (unpaired) electrons. The number of rotatable bonds is 9. The van der Waals surface area contributed by atoms with E-state index >= 15 is 0 Å². The van der Waals surface area contributed by atoms with Crippen LogP contribution >= 0.6 is 0 Å². The van der Waals surface area contributed by atoms with Crippen molar-refractivity contribution in [3.63, 3.8) is 0 Å². The molecule has 0 unspecified atom stereocenters. The Morgan fingerprint density at radius 1 is 1.03 bits per heavy atom. The predicted molar refractivity (Wildman–Crippen MR) is 124 cm³/mol. The summed E-state index contributed by atoms with van der Waals surface area (Å²) < 4.78 is 47.5. The lowest BCUT2D eigenvalue weighted by Crippen LogP contribution is -2.28. The fourth-order valence-corrected chi connectivity index (χ4v) is 3.50. The summed E-state index contributed by atoms with van der Waals surface area (Å²) in [5, 5.41) is 9.29. The lowest BCUT2D eigenvalue weighted by atomic mass is 10.1. The van der Waals surface area contributed by atoms with Gasteiger partial charge in [0.2, 0.25) is 5.91 Å². The Morgan fingerprint density at radius 3 is 2.43 bits per heavy atom. The molecule has 1 heterocycles. The molecule has 2 N–H and O–H groups in total. The molecule has 2 amide bonds. The highest BCUT2D eigenvalue weighted by Crippen LogP contribution is 2.33. The van der Waals surface area contributed by atoms with Gasteiger partial charge >= 0.3 is 12.3 Å². The molecule has 0 bridgehead atoms. The molecular weight excluding hydrogens is 461 g/mol. The third-order valence-corrected chi connectivity index (χ3v) is 5.19. The molecule has 0 spiro atoms. The van der Waals surface area contributed by atoms with Gasteiger partial charge in [0, 0.05) is 25.2 Å². The Hall–Kier alpha value is -3.82. The number of nitrogens with zero attached hydrogens (tertiary/aromatic N) is 2. The highest BCUT2D eigenvalue weighted by Gasteiger charge is 2.34. The highest BCUT2D eigenvalue weighted by molar-refractivity contribution is 5.76. The molecule has 7 nitrogen and oxygen atoms in total. The molecular formula is C25H27F3N4O3. The smallest absolute Gasteiger partial charge is 0.416 e. The van der Waals surface area contributed by atoms with Gasteiger partial charge in [-0.1, -0.05) is 36.4 Å². The SMILES string of the molecule is Cc1cc(C)n(-c2ccc(CNC(=O)CCCNC(=O)OCc3ccccc3)c(C(F)(F)F)c2)n1. The van der Waals surface area contributed by atoms with Gasteiger partial charge in [-0.15, -0.1) is 0 Å². The number of halogens is 3. The molecule has 0 atom stereocenters. The number of alkyl carbamates (subject to hydrolysis) is 1. The predicted octanol–water partition coefficient (Wildman–Crippen LogP) is 4.83. The topological polar surface area (TPSA) is 85.2 Å². The minimum atomic E-state index is -4.59. The molecule has 0 aliphatic rings. The van der Waals surface area contributed by atoms with E-state index in [1.54, 1.807) is 26.0 Å². The molecule has 186 valence electrons. The van der Waals surface area contributed by atoms with Crippen molar-refractivity contribution >= 4 is 12.0 Å². The highest BCUT2D eigenvalue weighted by atomic mass is 19.4. The molecule has 10 heteroatoms. The standard InChI is InChI=1S/C25H27F3N4O3/c1-17-13-18(2)32(31-17)21-11-10-20(22(14-21)25(26,27)28)15-30-23(33)9-6-12-29-24(34)35-16-19-7-4-3-5-8-19/h3-5,7-8,10-11,13-14H,6,9,12,15-16H2,1-2H3,(H,29,34)(H,30,33). The van der Waals surface area contributed by atoms with Gasteiger partial charge in [-0.3, -0.25) is 4.79 Å². The third kappa shape index (κ3) is 7.59. The molecule has 3 aromatic rings. The molecule has 0 saturated heterocycles. The number of amides is 2. The number of hydrogen-bond donors (Lipinski definition) is 2. The largest absolute Gasteiger partial charge is 0.445 e. The van der Waals surface area contributed by atoms with Crippen molar-refractivity contribution in [3.8, 4) is 5.69 Å². The molecule has 2 aromatic carbocycles. The summed E-state index contributed by atoms with van der Waals surface area (Å²) in [5.74, 6) is -0.416. The molecule has 3 rings (SSSR count). The van der Waals surface area contributed by atoms with Gasteiger partial charge in [-0.05, 0) is 49.6 Å². The van der Waals surface area contributed by atoms with Crippen molar-refractivity contribution in [2.24, 2.45) is 0 Å². The van der Waals surface area contributed by atoms with Crippen LogP contribution in [0.15, 0.2) is 54.6 Å². The summed E-state index contributed by atoms with van der Waals surface area (Å²) in [6, 6.07) is 14.9. The minimum Gasteiger partial charge on any atom is -0.445 e. The van der Waals surface area contributed by atoms with Crippen molar-refractivity contribution < 1.29 is 27.5 Å². The summed E-state index contributed by atoms with van der Waals surface area (Å²) in [4.78, 5) is 23.8. The monoisotopic (exact) mass is 488 g/mol. The fourth-order valence-electron chi connectivity index (χ4n) is 3.50. The second kappa shape index (κ2) is 11.5. The van der Waals surface area contributed by atoms with Gasteiger partial charge in [0.1, 0.15) is 6.61 Å². The zero-order valence-electron chi connectivity index (χ0n) is 19.5. The second-order valence-electron chi connectivity index (χ2n) is 8.05. The first-order valence-corrected chi connectivity index (χ1v) is 11.1. The first kappa shape index (κ1) is 25.8. The van der Waals surface area contributed by atoms with Crippen molar-refractivity contribution in [3.05, 3.63) is 82.7 Å². The third-order valence-electron chi connectivity index (χ3n) is 5.19. The van der Waals surface area contributed by atoms with Crippen molar-refractivity contribution in [1.29, 1.82) is 0 Å². The van der Waals surface area contributed by atoms with Gasteiger partial charge in [-0.2, -0.15) is 18.3 Å². The summed E-state index contributed by atoms with van der Waals surface area (Å²) in [6.07, 6.45) is -4.83. The molecule has 0 saturated carbocycles. The minimum absolute atomic E-state index is 0.0428. The normalized spacial score (nSPS) is 11.2. The van der Waals surface area contributed by atoms with Gasteiger partial charge in [0.15, 0.2) is 0 Å². The van der Waals surface area contributed by atoms with Gasteiger partial charge in [-0.25, -0.2) is 9.48 Å². The van der Waals surface area contributed by atoms with E-state index in [2.05, 4.69) is 15.7 Å². The first-order chi connectivity index (χ1) is 16.6. The van der Waals surface area contributed by atoms with E-state index in [0.717, 1.165) is 11.6 Å². The lowest BCUT2D eigenvalue weighted by molar-refractivity contribution is -0.138. The molecule has 0 aliphatic carbocycles. The Kier molecular flexibility index (Phi) is 8.51. The number of hydrogen-bond acceptors (Lipinski definition) is 4. The summed E-state index contributed by atoms with van der Waals surface area (Å²) >= 11 is 0. The van der Waals surface area contributed by atoms with E-state index in [0.29, 0.717) is 23.5 Å². The summed E-state index contributed by atoms with van der Waals surface area (Å²) in [6.45, 7) is 3.59. The van der Waals surface area contributed by atoms with Crippen LogP contribution in [-0.2, 0) is 28.9 Å². The summed E-state index contributed by atoms with van der Waals surface area (Å²) in [5.41, 5.74) is 1.69.